The standard InChI is InChI=1S/C22H25BrN4O/c23-16-6-7-17-15(11-24-20(17)10-16)12-27-9-8-19-18(13-27)22(28)26-21(25-19)14-4-2-1-3-5-14/h6-7,10-11,14,24H,1-5,8-9,12-13H2,(H,25,26,28). The lowest BCUT2D eigenvalue weighted by atomic mass is 9.88. The molecule has 2 aromatic heterocycles. The van der Waals surface area contributed by atoms with E-state index in [1.807, 2.05) is 0 Å². The van der Waals surface area contributed by atoms with Gasteiger partial charge in [-0.05, 0) is 30.5 Å². The van der Waals surface area contributed by atoms with E-state index in [1.165, 1.54) is 30.2 Å². The smallest absolute Gasteiger partial charge is 0.255 e. The summed E-state index contributed by atoms with van der Waals surface area (Å²) >= 11 is 3.53. The molecule has 1 aliphatic heterocycles. The average molecular weight is 441 g/mol. The number of halogens is 1. The van der Waals surface area contributed by atoms with Crippen LogP contribution in [-0.4, -0.2) is 26.4 Å². The van der Waals surface area contributed by atoms with Crippen molar-refractivity contribution in [2.75, 3.05) is 6.54 Å². The molecule has 1 aliphatic carbocycles. The summed E-state index contributed by atoms with van der Waals surface area (Å²) in [5.41, 5.74) is 4.35. The molecule has 0 atom stereocenters. The molecule has 2 N–H and O–H groups in total. The van der Waals surface area contributed by atoms with E-state index in [0.29, 0.717) is 12.5 Å². The molecule has 0 spiro atoms. The highest BCUT2D eigenvalue weighted by molar-refractivity contribution is 9.10. The predicted octanol–water partition coefficient (Wildman–Crippen LogP) is 4.62. The Balaban J connectivity index is 1.36. The minimum Gasteiger partial charge on any atom is -0.361 e. The summed E-state index contributed by atoms with van der Waals surface area (Å²) in [6.45, 7) is 2.45. The SMILES string of the molecule is O=c1[nH]c(C2CCCCC2)nc2c1CN(Cc1c[nH]c3cc(Br)ccc13)CC2. The third-order valence-corrected chi connectivity index (χ3v) is 6.77. The van der Waals surface area contributed by atoms with Crippen molar-refractivity contribution in [3.63, 3.8) is 0 Å². The van der Waals surface area contributed by atoms with E-state index in [1.54, 1.807) is 0 Å². The molecule has 1 aromatic carbocycles. The maximum atomic E-state index is 12.8. The fourth-order valence-corrected chi connectivity index (χ4v) is 5.10. The van der Waals surface area contributed by atoms with Crippen LogP contribution >= 0.6 is 15.9 Å². The molecule has 3 aromatic rings. The van der Waals surface area contributed by atoms with Gasteiger partial charge >= 0.3 is 0 Å². The number of hydrogen-bond acceptors (Lipinski definition) is 3. The quantitative estimate of drug-likeness (QED) is 0.624. The van der Waals surface area contributed by atoms with Gasteiger partial charge in [0.25, 0.3) is 5.56 Å². The van der Waals surface area contributed by atoms with E-state index < -0.39 is 0 Å². The number of nitrogens with one attached hydrogen (secondary N) is 2. The van der Waals surface area contributed by atoms with Crippen molar-refractivity contribution in [3.05, 3.63) is 61.9 Å². The average Bonchev–Trinajstić information content (AvgIpc) is 3.10. The second kappa shape index (κ2) is 7.48. The maximum Gasteiger partial charge on any atom is 0.255 e. The first-order valence-electron chi connectivity index (χ1n) is 10.3. The van der Waals surface area contributed by atoms with Gasteiger partial charge in [0.05, 0.1) is 11.3 Å². The van der Waals surface area contributed by atoms with Crippen LogP contribution in [0.4, 0.5) is 0 Å². The molecule has 6 heteroatoms. The van der Waals surface area contributed by atoms with E-state index in [2.05, 4.69) is 55.2 Å². The Kier molecular flexibility index (Phi) is 4.85. The normalized spacial score (nSPS) is 18.5. The molecule has 28 heavy (non-hydrogen) atoms. The Morgan fingerprint density at radius 1 is 1.21 bits per heavy atom. The van der Waals surface area contributed by atoms with E-state index in [9.17, 15) is 4.79 Å². The van der Waals surface area contributed by atoms with Crippen molar-refractivity contribution in [2.45, 2.75) is 57.5 Å². The lowest BCUT2D eigenvalue weighted by Crippen LogP contribution is -2.36. The number of hydrogen-bond donors (Lipinski definition) is 2. The van der Waals surface area contributed by atoms with Crippen molar-refractivity contribution >= 4 is 26.8 Å². The van der Waals surface area contributed by atoms with Crippen molar-refractivity contribution < 1.29 is 0 Å². The Morgan fingerprint density at radius 3 is 2.93 bits per heavy atom. The summed E-state index contributed by atoms with van der Waals surface area (Å²) in [4.78, 5) is 26.5. The molecule has 0 radical (unpaired) electrons. The van der Waals surface area contributed by atoms with Crippen LogP contribution in [0.15, 0.2) is 33.7 Å². The Labute approximate surface area is 172 Å². The second-order valence-electron chi connectivity index (χ2n) is 8.18. The van der Waals surface area contributed by atoms with Gasteiger partial charge in [0.2, 0.25) is 0 Å². The van der Waals surface area contributed by atoms with Gasteiger partial charge in [-0.3, -0.25) is 9.69 Å². The van der Waals surface area contributed by atoms with Crippen molar-refractivity contribution in [2.24, 2.45) is 0 Å². The number of aromatic nitrogens is 3. The number of benzene rings is 1. The van der Waals surface area contributed by atoms with Crippen LogP contribution in [0.3, 0.4) is 0 Å². The lowest BCUT2D eigenvalue weighted by molar-refractivity contribution is 0.242. The van der Waals surface area contributed by atoms with Crippen LogP contribution in [-0.2, 0) is 19.5 Å². The molecule has 0 saturated heterocycles. The highest BCUT2D eigenvalue weighted by atomic mass is 79.9. The second-order valence-corrected chi connectivity index (χ2v) is 9.09. The molecule has 0 bridgehead atoms. The van der Waals surface area contributed by atoms with Crippen LogP contribution in [0, 0.1) is 0 Å². The summed E-state index contributed by atoms with van der Waals surface area (Å²) in [5.74, 6) is 1.37. The minimum absolute atomic E-state index is 0.0677. The summed E-state index contributed by atoms with van der Waals surface area (Å²) in [6, 6.07) is 6.33. The lowest BCUT2D eigenvalue weighted by Gasteiger charge is -2.28. The molecule has 2 aliphatic rings. The first-order valence-corrected chi connectivity index (χ1v) is 11.1. The summed E-state index contributed by atoms with van der Waals surface area (Å²) in [6.07, 6.45) is 9.06. The number of aromatic amines is 2. The zero-order valence-corrected chi connectivity index (χ0v) is 17.5. The third-order valence-electron chi connectivity index (χ3n) is 6.28. The van der Waals surface area contributed by atoms with Crippen LogP contribution in [0.5, 0.6) is 0 Å². The molecule has 0 unspecified atom stereocenters. The van der Waals surface area contributed by atoms with E-state index in [4.69, 9.17) is 4.98 Å². The van der Waals surface area contributed by atoms with Crippen molar-refractivity contribution in [3.8, 4) is 0 Å². The Hall–Kier alpha value is -1.92. The van der Waals surface area contributed by atoms with Crippen LogP contribution in [0.1, 0.15) is 60.7 Å². The van der Waals surface area contributed by atoms with Gasteiger partial charge in [-0.2, -0.15) is 0 Å². The fraction of sp³-hybridized carbons (Fsp3) is 0.455. The highest BCUT2D eigenvalue weighted by Gasteiger charge is 2.25. The van der Waals surface area contributed by atoms with Crippen LogP contribution < -0.4 is 5.56 Å². The van der Waals surface area contributed by atoms with Gasteiger partial charge in [0, 0.05) is 53.5 Å². The van der Waals surface area contributed by atoms with Crippen LogP contribution in [0.2, 0.25) is 0 Å². The first kappa shape index (κ1) is 18.1. The van der Waals surface area contributed by atoms with Gasteiger partial charge in [0.1, 0.15) is 5.82 Å². The van der Waals surface area contributed by atoms with Gasteiger partial charge in [0.15, 0.2) is 0 Å². The fourth-order valence-electron chi connectivity index (χ4n) is 4.73. The monoisotopic (exact) mass is 440 g/mol. The molecule has 1 fully saturated rings. The number of rotatable bonds is 3. The Morgan fingerprint density at radius 2 is 2.07 bits per heavy atom. The molecule has 1 saturated carbocycles. The van der Waals surface area contributed by atoms with Gasteiger partial charge in [-0.25, -0.2) is 4.98 Å². The minimum atomic E-state index is 0.0677. The number of H-pyrrole nitrogens is 2. The van der Waals surface area contributed by atoms with E-state index in [0.717, 1.165) is 59.4 Å². The molecule has 0 amide bonds. The van der Waals surface area contributed by atoms with Crippen molar-refractivity contribution in [1.82, 2.24) is 19.9 Å². The molecule has 3 heterocycles. The van der Waals surface area contributed by atoms with Gasteiger partial charge in [-0.15, -0.1) is 0 Å². The largest absolute Gasteiger partial charge is 0.361 e. The molecule has 5 rings (SSSR count). The Bertz CT molecular complexity index is 1060. The van der Waals surface area contributed by atoms with Crippen LogP contribution in [0.25, 0.3) is 10.9 Å². The molecular formula is C22H25BrN4O. The van der Waals surface area contributed by atoms with E-state index in [-0.39, 0.29) is 5.56 Å². The predicted molar refractivity (Wildman–Crippen MR) is 115 cm³/mol. The molecular weight excluding hydrogens is 416 g/mol. The zero-order valence-electron chi connectivity index (χ0n) is 15.9. The zero-order chi connectivity index (χ0) is 19.1. The third kappa shape index (κ3) is 3.44. The summed E-state index contributed by atoms with van der Waals surface area (Å²) in [7, 11) is 0. The van der Waals surface area contributed by atoms with Crippen molar-refractivity contribution in [1.29, 1.82) is 0 Å². The number of nitrogens with zero attached hydrogens (tertiary/aromatic N) is 2. The first-order chi connectivity index (χ1) is 13.7. The highest BCUT2D eigenvalue weighted by Crippen LogP contribution is 2.31. The topological polar surface area (TPSA) is 64.8 Å². The summed E-state index contributed by atoms with van der Waals surface area (Å²) < 4.78 is 1.08. The van der Waals surface area contributed by atoms with Gasteiger partial charge < -0.3 is 9.97 Å². The summed E-state index contributed by atoms with van der Waals surface area (Å²) in [5, 5.41) is 1.24. The number of fused-ring (bicyclic) bond motifs is 2. The van der Waals surface area contributed by atoms with Gasteiger partial charge in [-0.1, -0.05) is 41.3 Å². The molecule has 146 valence electrons. The molecule has 5 nitrogen and oxygen atoms in total. The van der Waals surface area contributed by atoms with E-state index >= 15 is 0 Å². The maximum absolute atomic E-state index is 12.8.